The molecule has 1 saturated heterocycles. The predicted octanol–water partition coefficient (Wildman–Crippen LogP) is 2.70. The van der Waals surface area contributed by atoms with Gasteiger partial charge in [-0.1, -0.05) is 13.3 Å². The Morgan fingerprint density at radius 3 is 3.12 bits per heavy atom. The van der Waals surface area contributed by atoms with E-state index in [2.05, 4.69) is 12.7 Å². The van der Waals surface area contributed by atoms with Crippen LogP contribution in [0.15, 0.2) is 0 Å². The van der Waals surface area contributed by atoms with Crippen molar-refractivity contribution < 1.29 is 0 Å². The van der Waals surface area contributed by atoms with Crippen molar-refractivity contribution in [1.82, 2.24) is 0 Å². The van der Waals surface area contributed by atoms with Gasteiger partial charge in [0.05, 0.1) is 0 Å². The Hall–Kier alpha value is 0.350. The average molecular weight is 129 g/mol. The van der Waals surface area contributed by atoms with Crippen LogP contribution in [0.2, 0.25) is 0 Å². The molecule has 1 aliphatic rings. The Kier molecular flexibility index (Phi) is 2.74. The van der Waals surface area contributed by atoms with E-state index in [1.807, 2.05) is 11.8 Å². The van der Waals surface area contributed by atoms with Gasteiger partial charge in [-0.2, -0.15) is 11.8 Å². The Balaban J connectivity index is 2.06. The van der Waals surface area contributed by atoms with E-state index in [4.69, 9.17) is 0 Å². The SMILES string of the molecule is CCC[C@H]1[CH]SCC1. The minimum absolute atomic E-state index is 0.949. The molecule has 47 valence electrons. The minimum Gasteiger partial charge on any atom is -0.157 e. The zero-order valence-corrected chi connectivity index (χ0v) is 6.21. The molecule has 0 N–H and O–H groups in total. The van der Waals surface area contributed by atoms with Crippen molar-refractivity contribution in [3.63, 3.8) is 0 Å². The van der Waals surface area contributed by atoms with Crippen LogP contribution < -0.4 is 0 Å². The second-order valence-corrected chi connectivity index (χ2v) is 3.36. The van der Waals surface area contributed by atoms with Gasteiger partial charge in [0, 0.05) is 5.75 Å². The molecule has 1 radical (unpaired) electrons. The smallest absolute Gasteiger partial charge is 0.0197 e. The Morgan fingerprint density at radius 2 is 2.62 bits per heavy atom. The normalized spacial score (nSPS) is 28.9. The maximum absolute atomic E-state index is 2.41. The molecule has 1 heteroatoms. The minimum atomic E-state index is 0.949. The van der Waals surface area contributed by atoms with Gasteiger partial charge in [-0.3, -0.25) is 0 Å². The summed E-state index contributed by atoms with van der Waals surface area (Å²) in [4.78, 5) is 0. The number of thioether (sulfide) groups is 1. The van der Waals surface area contributed by atoms with Crippen molar-refractivity contribution in [3.8, 4) is 0 Å². The molecule has 0 aliphatic carbocycles. The first-order valence-corrected chi connectivity index (χ1v) is 4.43. The summed E-state index contributed by atoms with van der Waals surface area (Å²) >= 11 is 2.00. The maximum atomic E-state index is 2.41. The largest absolute Gasteiger partial charge is 0.157 e. The van der Waals surface area contributed by atoms with Gasteiger partial charge in [-0.05, 0) is 24.5 Å². The Bertz CT molecular complexity index is 55.4. The van der Waals surface area contributed by atoms with Crippen LogP contribution in [-0.4, -0.2) is 5.75 Å². The summed E-state index contributed by atoms with van der Waals surface area (Å²) in [7, 11) is 0. The van der Waals surface area contributed by atoms with Gasteiger partial charge >= 0.3 is 0 Å². The van der Waals surface area contributed by atoms with Gasteiger partial charge in [0.1, 0.15) is 0 Å². The van der Waals surface area contributed by atoms with Crippen LogP contribution in [0.5, 0.6) is 0 Å². The highest BCUT2D eigenvalue weighted by molar-refractivity contribution is 8.01. The van der Waals surface area contributed by atoms with Gasteiger partial charge in [0.25, 0.3) is 0 Å². The summed E-state index contributed by atoms with van der Waals surface area (Å²) in [5.74, 6) is 4.72. The van der Waals surface area contributed by atoms with Crippen molar-refractivity contribution in [2.75, 3.05) is 5.75 Å². The van der Waals surface area contributed by atoms with Crippen LogP contribution in [0.25, 0.3) is 0 Å². The molecule has 0 spiro atoms. The Labute approximate surface area is 56.0 Å². The summed E-state index contributed by atoms with van der Waals surface area (Å²) in [6, 6.07) is 0. The third-order valence-electron chi connectivity index (χ3n) is 1.55. The van der Waals surface area contributed by atoms with Crippen LogP contribution in [0, 0.1) is 11.7 Å². The molecule has 0 unspecified atom stereocenters. The van der Waals surface area contributed by atoms with Crippen LogP contribution in [-0.2, 0) is 0 Å². The lowest BCUT2D eigenvalue weighted by molar-refractivity contribution is 0.569. The lowest BCUT2D eigenvalue weighted by Crippen LogP contribution is -1.90. The fraction of sp³-hybridized carbons (Fsp3) is 0.857. The molecule has 1 fully saturated rings. The maximum Gasteiger partial charge on any atom is 0.0197 e. The Morgan fingerprint density at radius 1 is 1.75 bits per heavy atom. The summed E-state index contributed by atoms with van der Waals surface area (Å²) in [5.41, 5.74) is 0. The first-order chi connectivity index (χ1) is 3.93. The van der Waals surface area contributed by atoms with Gasteiger partial charge in [0.2, 0.25) is 0 Å². The van der Waals surface area contributed by atoms with E-state index in [0.29, 0.717) is 0 Å². The summed E-state index contributed by atoms with van der Waals surface area (Å²) in [6.07, 6.45) is 4.19. The van der Waals surface area contributed by atoms with Gasteiger partial charge < -0.3 is 0 Å². The van der Waals surface area contributed by atoms with Crippen molar-refractivity contribution in [2.24, 2.45) is 5.92 Å². The second-order valence-electron chi connectivity index (χ2n) is 2.34. The van der Waals surface area contributed by atoms with Crippen molar-refractivity contribution in [2.45, 2.75) is 26.2 Å². The van der Waals surface area contributed by atoms with Crippen molar-refractivity contribution >= 4 is 11.8 Å². The standard InChI is InChI=1S/C7H13S/c1-2-3-7-4-5-8-6-7/h6-7H,2-5H2,1H3/t7-/m1/s1. The molecule has 0 aromatic heterocycles. The first-order valence-electron chi connectivity index (χ1n) is 3.38. The molecular formula is C7H13S. The highest BCUT2D eigenvalue weighted by Crippen LogP contribution is 2.31. The molecule has 0 amide bonds. The lowest BCUT2D eigenvalue weighted by Gasteiger charge is -2.01. The summed E-state index contributed by atoms with van der Waals surface area (Å²) in [5, 5.41) is 0. The molecule has 1 aliphatic heterocycles. The number of hydrogen-bond donors (Lipinski definition) is 0. The molecule has 0 nitrogen and oxygen atoms in total. The zero-order chi connectivity index (χ0) is 5.82. The molecule has 0 bridgehead atoms. The van der Waals surface area contributed by atoms with Crippen molar-refractivity contribution in [1.29, 1.82) is 0 Å². The highest BCUT2D eigenvalue weighted by Gasteiger charge is 2.13. The lowest BCUT2D eigenvalue weighted by atomic mass is 10.0. The third kappa shape index (κ3) is 1.70. The van der Waals surface area contributed by atoms with Gasteiger partial charge in [0.15, 0.2) is 0 Å². The molecular weight excluding hydrogens is 116 g/mol. The number of hydrogen-bond acceptors (Lipinski definition) is 1. The third-order valence-corrected chi connectivity index (χ3v) is 2.60. The summed E-state index contributed by atoms with van der Waals surface area (Å²) < 4.78 is 0. The quantitative estimate of drug-likeness (QED) is 0.552. The molecule has 8 heavy (non-hydrogen) atoms. The molecule has 1 rings (SSSR count). The second kappa shape index (κ2) is 3.39. The van der Waals surface area contributed by atoms with E-state index in [-0.39, 0.29) is 0 Å². The van der Waals surface area contributed by atoms with Crippen LogP contribution >= 0.6 is 11.8 Å². The van der Waals surface area contributed by atoms with E-state index in [9.17, 15) is 0 Å². The predicted molar refractivity (Wildman–Crippen MR) is 39.8 cm³/mol. The summed E-state index contributed by atoms with van der Waals surface area (Å²) in [6.45, 7) is 2.26. The van der Waals surface area contributed by atoms with Gasteiger partial charge in [-0.15, -0.1) is 0 Å². The van der Waals surface area contributed by atoms with Crippen molar-refractivity contribution in [3.05, 3.63) is 5.75 Å². The van der Waals surface area contributed by atoms with E-state index in [1.165, 1.54) is 25.0 Å². The number of rotatable bonds is 2. The molecule has 0 saturated carbocycles. The molecule has 0 aromatic carbocycles. The molecule has 1 atom stereocenters. The fourth-order valence-electron chi connectivity index (χ4n) is 1.07. The van der Waals surface area contributed by atoms with Crippen LogP contribution in [0.3, 0.4) is 0 Å². The topological polar surface area (TPSA) is 0 Å². The zero-order valence-electron chi connectivity index (χ0n) is 5.39. The molecule has 0 aromatic rings. The van der Waals surface area contributed by atoms with Crippen LogP contribution in [0.4, 0.5) is 0 Å². The van der Waals surface area contributed by atoms with E-state index < -0.39 is 0 Å². The average Bonchev–Trinajstić information content (AvgIpc) is 2.19. The fourth-order valence-corrected chi connectivity index (χ4v) is 2.19. The van der Waals surface area contributed by atoms with Crippen LogP contribution in [0.1, 0.15) is 26.2 Å². The van der Waals surface area contributed by atoms with E-state index in [1.54, 1.807) is 0 Å². The van der Waals surface area contributed by atoms with Gasteiger partial charge in [-0.25, -0.2) is 0 Å². The highest BCUT2D eigenvalue weighted by atomic mass is 32.2. The van der Waals surface area contributed by atoms with E-state index >= 15 is 0 Å². The van der Waals surface area contributed by atoms with E-state index in [0.717, 1.165) is 5.92 Å². The monoisotopic (exact) mass is 129 g/mol. The first kappa shape index (κ1) is 6.47. The molecule has 1 heterocycles.